The molecule has 1 aromatic heterocycles. The van der Waals surface area contributed by atoms with Gasteiger partial charge in [0.1, 0.15) is 11.5 Å². The van der Waals surface area contributed by atoms with Crippen LogP contribution in [0.4, 0.5) is 0 Å². The van der Waals surface area contributed by atoms with E-state index < -0.39 is 0 Å². The van der Waals surface area contributed by atoms with Gasteiger partial charge in [-0.05, 0) is 62.1 Å². The minimum absolute atomic E-state index is 0.132. The van der Waals surface area contributed by atoms with Crippen molar-refractivity contribution in [2.24, 2.45) is 0 Å². The summed E-state index contributed by atoms with van der Waals surface area (Å²) in [5, 5.41) is 0. The van der Waals surface area contributed by atoms with Gasteiger partial charge in [-0.2, -0.15) is 0 Å². The lowest BCUT2D eigenvalue weighted by molar-refractivity contribution is -0.134. The molecule has 0 aliphatic heterocycles. The Balaban J connectivity index is 1.72. The van der Waals surface area contributed by atoms with Gasteiger partial charge in [-0.1, -0.05) is 65.3 Å². The number of hydrogen-bond acceptors (Lipinski definition) is 3. The van der Waals surface area contributed by atoms with Crippen molar-refractivity contribution in [3.8, 4) is 0 Å². The highest BCUT2D eigenvalue weighted by Gasteiger charge is 2.22. The Bertz CT molecular complexity index is 969. The number of furan rings is 1. The molecule has 0 spiro atoms. The van der Waals surface area contributed by atoms with E-state index >= 15 is 0 Å². The molecule has 0 aliphatic rings. The number of aryl methyl sites for hydroxylation is 1. The number of amides is 1. The zero-order valence-corrected chi connectivity index (χ0v) is 20.8. The molecule has 0 saturated carbocycles. The average Bonchev–Trinajstić information content (AvgIpc) is 3.22. The fraction of sp³-hybridized carbons (Fsp3) is 0.370. The van der Waals surface area contributed by atoms with Crippen LogP contribution in [0.1, 0.15) is 42.9 Å². The third-order valence-electron chi connectivity index (χ3n) is 5.86. The van der Waals surface area contributed by atoms with Crippen LogP contribution in [-0.2, 0) is 24.3 Å². The number of benzene rings is 2. The van der Waals surface area contributed by atoms with Gasteiger partial charge in [0.15, 0.2) is 0 Å². The summed E-state index contributed by atoms with van der Waals surface area (Å²) in [5.74, 6) is 1.83. The van der Waals surface area contributed by atoms with Crippen molar-refractivity contribution < 1.29 is 9.21 Å². The Labute approximate surface area is 200 Å². The quantitative estimate of drug-likeness (QED) is 0.316. The molecule has 1 atom stereocenters. The van der Waals surface area contributed by atoms with Crippen molar-refractivity contribution in [2.75, 3.05) is 13.1 Å². The molecule has 5 heteroatoms. The Morgan fingerprint density at radius 3 is 2.31 bits per heavy atom. The van der Waals surface area contributed by atoms with E-state index in [4.69, 9.17) is 4.42 Å². The summed E-state index contributed by atoms with van der Waals surface area (Å²) in [7, 11) is 0. The average molecular weight is 497 g/mol. The number of halogens is 1. The Morgan fingerprint density at radius 2 is 1.69 bits per heavy atom. The Morgan fingerprint density at radius 1 is 0.969 bits per heavy atom. The zero-order valence-electron chi connectivity index (χ0n) is 19.3. The van der Waals surface area contributed by atoms with Crippen LogP contribution in [-0.4, -0.2) is 34.8 Å². The maximum atomic E-state index is 13.5. The first-order valence-electron chi connectivity index (χ1n) is 11.3. The highest BCUT2D eigenvalue weighted by atomic mass is 79.9. The van der Waals surface area contributed by atoms with Crippen LogP contribution in [0.2, 0.25) is 0 Å². The van der Waals surface area contributed by atoms with Crippen LogP contribution < -0.4 is 0 Å². The minimum Gasteiger partial charge on any atom is -0.464 e. The highest BCUT2D eigenvalue weighted by Crippen LogP contribution is 2.16. The minimum atomic E-state index is 0.132. The largest absolute Gasteiger partial charge is 0.464 e. The maximum absolute atomic E-state index is 13.5. The molecular weight excluding hydrogens is 464 g/mol. The molecule has 3 aromatic rings. The summed E-state index contributed by atoms with van der Waals surface area (Å²) in [6, 6.07) is 22.9. The molecule has 1 amide bonds. The molecule has 0 N–H and O–H groups in total. The van der Waals surface area contributed by atoms with E-state index in [0.29, 0.717) is 25.7 Å². The second-order valence-corrected chi connectivity index (χ2v) is 9.27. The van der Waals surface area contributed by atoms with E-state index in [1.54, 1.807) is 0 Å². The number of hydrogen-bond donors (Lipinski definition) is 0. The van der Waals surface area contributed by atoms with E-state index in [-0.39, 0.29) is 5.91 Å². The molecule has 4 nitrogen and oxygen atoms in total. The van der Waals surface area contributed by atoms with Gasteiger partial charge in [0.2, 0.25) is 5.91 Å². The SMILES string of the molecule is CC[C@@H](C)N(CC(=O)N(CCc1ccccc1)Cc1ccc(C)o1)Cc1ccc(Br)cc1. The molecule has 32 heavy (non-hydrogen) atoms. The molecule has 3 rings (SSSR count). The van der Waals surface area contributed by atoms with Gasteiger partial charge >= 0.3 is 0 Å². The smallest absolute Gasteiger partial charge is 0.237 e. The van der Waals surface area contributed by atoms with Gasteiger partial charge in [-0.25, -0.2) is 0 Å². The van der Waals surface area contributed by atoms with Crippen LogP contribution in [0.15, 0.2) is 75.6 Å². The van der Waals surface area contributed by atoms with Gasteiger partial charge in [0.25, 0.3) is 0 Å². The molecule has 0 unspecified atom stereocenters. The predicted octanol–water partition coefficient (Wildman–Crippen LogP) is 6.22. The maximum Gasteiger partial charge on any atom is 0.237 e. The summed E-state index contributed by atoms with van der Waals surface area (Å²) in [6.45, 7) is 8.59. The molecular formula is C27H33BrN2O2. The van der Waals surface area contributed by atoms with E-state index in [0.717, 1.165) is 35.4 Å². The summed E-state index contributed by atoms with van der Waals surface area (Å²) in [4.78, 5) is 17.7. The van der Waals surface area contributed by atoms with Crippen LogP contribution in [0, 0.1) is 6.92 Å². The second kappa shape index (κ2) is 12.0. The normalized spacial score (nSPS) is 12.2. The van der Waals surface area contributed by atoms with Crippen molar-refractivity contribution in [1.29, 1.82) is 0 Å². The van der Waals surface area contributed by atoms with Crippen molar-refractivity contribution in [3.05, 3.63) is 93.9 Å². The lowest BCUT2D eigenvalue weighted by atomic mass is 10.1. The van der Waals surface area contributed by atoms with Gasteiger partial charge in [0.05, 0.1) is 13.1 Å². The Kier molecular flexibility index (Phi) is 9.12. The number of rotatable bonds is 11. The van der Waals surface area contributed by atoms with Crippen LogP contribution in [0.3, 0.4) is 0 Å². The first-order chi connectivity index (χ1) is 15.4. The number of carbonyl (C=O) groups is 1. The van der Waals surface area contributed by atoms with Gasteiger partial charge in [-0.15, -0.1) is 0 Å². The fourth-order valence-electron chi connectivity index (χ4n) is 3.68. The van der Waals surface area contributed by atoms with Crippen molar-refractivity contribution in [1.82, 2.24) is 9.80 Å². The molecule has 0 fully saturated rings. The monoisotopic (exact) mass is 496 g/mol. The standard InChI is InChI=1S/C27H33BrN2O2/c1-4-21(2)30(18-24-11-13-25(28)14-12-24)20-27(31)29(19-26-15-10-22(3)32-26)17-16-23-8-6-5-7-9-23/h5-15,21H,4,16-20H2,1-3H3/t21-/m1/s1. The van der Waals surface area contributed by atoms with E-state index in [1.807, 2.05) is 42.2 Å². The van der Waals surface area contributed by atoms with Crippen molar-refractivity contribution in [2.45, 2.75) is 52.7 Å². The summed E-state index contributed by atoms with van der Waals surface area (Å²) >= 11 is 3.50. The van der Waals surface area contributed by atoms with Crippen molar-refractivity contribution in [3.63, 3.8) is 0 Å². The third-order valence-corrected chi connectivity index (χ3v) is 6.39. The van der Waals surface area contributed by atoms with Crippen molar-refractivity contribution >= 4 is 21.8 Å². The molecule has 1 heterocycles. The molecule has 170 valence electrons. The number of carbonyl (C=O) groups excluding carboxylic acids is 1. The first kappa shape index (κ1) is 24.3. The van der Waals surface area contributed by atoms with Gasteiger partial charge in [0, 0.05) is 23.6 Å². The topological polar surface area (TPSA) is 36.7 Å². The molecule has 0 aliphatic carbocycles. The lowest BCUT2D eigenvalue weighted by Crippen LogP contribution is -2.43. The lowest BCUT2D eigenvalue weighted by Gasteiger charge is -2.31. The molecule has 2 aromatic carbocycles. The van der Waals surface area contributed by atoms with Crippen LogP contribution in [0.5, 0.6) is 0 Å². The van der Waals surface area contributed by atoms with Gasteiger partial charge < -0.3 is 9.32 Å². The van der Waals surface area contributed by atoms with Crippen LogP contribution in [0.25, 0.3) is 0 Å². The fourth-order valence-corrected chi connectivity index (χ4v) is 3.95. The summed E-state index contributed by atoms with van der Waals surface area (Å²) in [5.41, 5.74) is 2.44. The molecule has 0 radical (unpaired) electrons. The zero-order chi connectivity index (χ0) is 22.9. The third kappa shape index (κ3) is 7.35. The number of nitrogens with zero attached hydrogens (tertiary/aromatic N) is 2. The van der Waals surface area contributed by atoms with Gasteiger partial charge in [-0.3, -0.25) is 9.69 Å². The summed E-state index contributed by atoms with van der Waals surface area (Å²) < 4.78 is 6.85. The Hall–Kier alpha value is -2.37. The summed E-state index contributed by atoms with van der Waals surface area (Å²) in [6.07, 6.45) is 1.81. The molecule has 0 bridgehead atoms. The van der Waals surface area contributed by atoms with E-state index in [9.17, 15) is 4.79 Å². The van der Waals surface area contributed by atoms with E-state index in [1.165, 1.54) is 11.1 Å². The predicted molar refractivity (Wildman–Crippen MR) is 133 cm³/mol. The molecule has 0 saturated heterocycles. The first-order valence-corrected chi connectivity index (χ1v) is 12.1. The van der Waals surface area contributed by atoms with Crippen LogP contribution >= 0.6 is 15.9 Å². The van der Waals surface area contributed by atoms with E-state index in [2.05, 4.69) is 71.1 Å². The highest BCUT2D eigenvalue weighted by molar-refractivity contribution is 9.10. The second-order valence-electron chi connectivity index (χ2n) is 8.35.